The summed E-state index contributed by atoms with van der Waals surface area (Å²) in [4.78, 5) is 29.5. The number of rotatable bonds is 4. The van der Waals surface area contributed by atoms with E-state index in [0.717, 1.165) is 6.42 Å². The fraction of sp³-hybridized carbons (Fsp3) is 0.500. The van der Waals surface area contributed by atoms with Crippen LogP contribution < -0.4 is 10.1 Å². The molecule has 1 N–H and O–H groups in total. The maximum Gasteiger partial charge on any atom is 0.272 e. The van der Waals surface area contributed by atoms with Crippen molar-refractivity contribution in [2.24, 2.45) is 5.92 Å². The SMILES string of the molecule is CNC(=O)C[C@@H]1CCN(C(=O)c2cc(OC)ccn2)C1. The van der Waals surface area contributed by atoms with Crippen LogP contribution in [0.2, 0.25) is 0 Å². The van der Waals surface area contributed by atoms with Crippen LogP contribution in [0.3, 0.4) is 0 Å². The van der Waals surface area contributed by atoms with Crippen LogP contribution in [0.1, 0.15) is 23.3 Å². The molecule has 2 heterocycles. The lowest BCUT2D eigenvalue weighted by atomic mass is 10.0. The summed E-state index contributed by atoms with van der Waals surface area (Å²) < 4.78 is 5.09. The van der Waals surface area contributed by atoms with Gasteiger partial charge in [0.15, 0.2) is 0 Å². The number of carbonyl (C=O) groups excluding carboxylic acids is 2. The van der Waals surface area contributed by atoms with Crippen molar-refractivity contribution in [2.45, 2.75) is 12.8 Å². The van der Waals surface area contributed by atoms with Gasteiger partial charge < -0.3 is 15.0 Å². The number of hydrogen-bond donors (Lipinski definition) is 1. The largest absolute Gasteiger partial charge is 0.497 e. The van der Waals surface area contributed by atoms with Crippen LogP contribution in [-0.4, -0.2) is 48.9 Å². The van der Waals surface area contributed by atoms with Gasteiger partial charge in [0.1, 0.15) is 11.4 Å². The summed E-state index contributed by atoms with van der Waals surface area (Å²) in [6, 6.07) is 3.34. The van der Waals surface area contributed by atoms with Crippen molar-refractivity contribution in [1.29, 1.82) is 0 Å². The van der Waals surface area contributed by atoms with E-state index in [1.807, 2.05) is 0 Å². The number of ether oxygens (including phenoxy) is 1. The zero-order chi connectivity index (χ0) is 14.5. The molecule has 0 bridgehead atoms. The molecule has 6 heteroatoms. The van der Waals surface area contributed by atoms with Crippen molar-refractivity contribution < 1.29 is 14.3 Å². The topological polar surface area (TPSA) is 71.5 Å². The van der Waals surface area contributed by atoms with Crippen LogP contribution in [0.25, 0.3) is 0 Å². The quantitative estimate of drug-likeness (QED) is 0.879. The van der Waals surface area contributed by atoms with E-state index in [2.05, 4.69) is 10.3 Å². The molecule has 0 radical (unpaired) electrons. The van der Waals surface area contributed by atoms with Crippen molar-refractivity contribution in [2.75, 3.05) is 27.2 Å². The van der Waals surface area contributed by atoms with Crippen LogP contribution in [0, 0.1) is 5.92 Å². The highest BCUT2D eigenvalue weighted by Gasteiger charge is 2.28. The number of carbonyl (C=O) groups is 2. The molecule has 1 aliphatic rings. The highest BCUT2D eigenvalue weighted by molar-refractivity contribution is 5.92. The van der Waals surface area contributed by atoms with Crippen LogP contribution >= 0.6 is 0 Å². The van der Waals surface area contributed by atoms with Crippen molar-refractivity contribution >= 4 is 11.8 Å². The van der Waals surface area contributed by atoms with Gasteiger partial charge >= 0.3 is 0 Å². The minimum atomic E-state index is -0.108. The van der Waals surface area contributed by atoms with E-state index in [1.54, 1.807) is 37.4 Å². The summed E-state index contributed by atoms with van der Waals surface area (Å²) in [6.07, 6.45) is 2.87. The first-order chi connectivity index (χ1) is 9.63. The van der Waals surface area contributed by atoms with Gasteiger partial charge in [0.25, 0.3) is 5.91 Å². The highest BCUT2D eigenvalue weighted by Crippen LogP contribution is 2.21. The number of nitrogens with zero attached hydrogens (tertiary/aromatic N) is 2. The molecule has 1 aromatic rings. The van der Waals surface area contributed by atoms with E-state index < -0.39 is 0 Å². The van der Waals surface area contributed by atoms with Crippen molar-refractivity contribution in [3.63, 3.8) is 0 Å². The summed E-state index contributed by atoms with van der Waals surface area (Å²) in [6.45, 7) is 1.27. The van der Waals surface area contributed by atoms with E-state index in [-0.39, 0.29) is 17.7 Å². The van der Waals surface area contributed by atoms with Crippen molar-refractivity contribution in [3.8, 4) is 5.75 Å². The molecule has 2 amide bonds. The number of amides is 2. The Balaban J connectivity index is 1.98. The number of pyridine rings is 1. The standard InChI is InChI=1S/C14H19N3O3/c1-15-13(18)7-10-4-6-17(9-10)14(19)12-8-11(20-2)3-5-16-12/h3,5,8,10H,4,6-7,9H2,1-2H3,(H,15,18)/t10-/m0/s1. The van der Waals surface area contributed by atoms with Crippen LogP contribution in [-0.2, 0) is 4.79 Å². The molecule has 0 unspecified atom stereocenters. The van der Waals surface area contributed by atoms with Gasteiger partial charge in [0.2, 0.25) is 5.91 Å². The molecular formula is C14H19N3O3. The molecule has 1 fully saturated rings. The monoisotopic (exact) mass is 277 g/mol. The molecular weight excluding hydrogens is 258 g/mol. The van der Waals surface area contributed by atoms with Gasteiger partial charge in [0.05, 0.1) is 7.11 Å². The fourth-order valence-electron chi connectivity index (χ4n) is 2.37. The Hall–Kier alpha value is -2.11. The van der Waals surface area contributed by atoms with E-state index in [4.69, 9.17) is 4.74 Å². The Morgan fingerprint density at radius 3 is 3.05 bits per heavy atom. The normalized spacial score (nSPS) is 17.9. The number of hydrogen-bond acceptors (Lipinski definition) is 4. The Labute approximate surface area is 118 Å². The van der Waals surface area contributed by atoms with Crippen LogP contribution in [0.15, 0.2) is 18.3 Å². The van der Waals surface area contributed by atoms with E-state index in [1.165, 1.54) is 0 Å². The predicted molar refractivity (Wildman–Crippen MR) is 73.5 cm³/mol. The number of aromatic nitrogens is 1. The van der Waals surface area contributed by atoms with E-state index >= 15 is 0 Å². The highest BCUT2D eigenvalue weighted by atomic mass is 16.5. The van der Waals surface area contributed by atoms with Crippen LogP contribution in [0.4, 0.5) is 0 Å². The number of methoxy groups -OCH3 is 1. The molecule has 1 aromatic heterocycles. The summed E-state index contributed by atoms with van der Waals surface area (Å²) in [5, 5.41) is 2.61. The second-order valence-electron chi connectivity index (χ2n) is 4.86. The first kappa shape index (κ1) is 14.3. The molecule has 0 aliphatic carbocycles. The zero-order valence-corrected chi connectivity index (χ0v) is 11.8. The average molecular weight is 277 g/mol. The van der Waals surface area contributed by atoms with Gasteiger partial charge in [-0.05, 0) is 18.4 Å². The minimum Gasteiger partial charge on any atom is -0.497 e. The third kappa shape index (κ3) is 3.26. The van der Waals surface area contributed by atoms with Gasteiger partial charge in [-0.25, -0.2) is 0 Å². The maximum absolute atomic E-state index is 12.3. The second kappa shape index (κ2) is 6.36. The maximum atomic E-state index is 12.3. The fourth-order valence-corrected chi connectivity index (χ4v) is 2.37. The van der Waals surface area contributed by atoms with Crippen molar-refractivity contribution in [3.05, 3.63) is 24.0 Å². The third-order valence-electron chi connectivity index (χ3n) is 3.51. The molecule has 108 valence electrons. The van der Waals surface area contributed by atoms with Gasteiger partial charge in [-0.1, -0.05) is 0 Å². The molecule has 1 atom stereocenters. The first-order valence-electron chi connectivity index (χ1n) is 6.64. The number of likely N-dealkylation sites (tertiary alicyclic amines) is 1. The van der Waals surface area contributed by atoms with E-state index in [9.17, 15) is 9.59 Å². The lowest BCUT2D eigenvalue weighted by molar-refractivity contribution is -0.121. The van der Waals surface area contributed by atoms with Gasteiger partial charge in [-0.2, -0.15) is 0 Å². The summed E-state index contributed by atoms with van der Waals surface area (Å²) in [5.74, 6) is 0.751. The lowest BCUT2D eigenvalue weighted by Crippen LogP contribution is -2.30. The van der Waals surface area contributed by atoms with Gasteiger partial charge in [0, 0.05) is 38.8 Å². The second-order valence-corrected chi connectivity index (χ2v) is 4.86. The summed E-state index contributed by atoms with van der Waals surface area (Å²) >= 11 is 0. The Morgan fingerprint density at radius 1 is 1.55 bits per heavy atom. The van der Waals surface area contributed by atoms with Crippen LogP contribution in [0.5, 0.6) is 5.75 Å². The van der Waals surface area contributed by atoms with Gasteiger partial charge in [-0.15, -0.1) is 0 Å². The average Bonchev–Trinajstić information content (AvgIpc) is 2.94. The van der Waals surface area contributed by atoms with E-state index in [0.29, 0.717) is 31.0 Å². The van der Waals surface area contributed by atoms with Crippen molar-refractivity contribution in [1.82, 2.24) is 15.2 Å². The Bertz CT molecular complexity index is 504. The third-order valence-corrected chi connectivity index (χ3v) is 3.51. The minimum absolute atomic E-state index is 0.0174. The molecule has 1 saturated heterocycles. The molecule has 0 spiro atoms. The molecule has 0 aromatic carbocycles. The Kier molecular flexibility index (Phi) is 4.55. The number of nitrogens with one attached hydrogen (secondary N) is 1. The molecule has 20 heavy (non-hydrogen) atoms. The predicted octanol–water partition coefficient (Wildman–Crippen LogP) is 0.688. The molecule has 0 saturated carbocycles. The molecule has 1 aliphatic heterocycles. The summed E-state index contributed by atoms with van der Waals surface area (Å²) in [5.41, 5.74) is 0.380. The molecule has 6 nitrogen and oxygen atoms in total. The smallest absolute Gasteiger partial charge is 0.272 e. The van der Waals surface area contributed by atoms with Gasteiger partial charge in [-0.3, -0.25) is 14.6 Å². The zero-order valence-electron chi connectivity index (χ0n) is 11.8. The first-order valence-corrected chi connectivity index (χ1v) is 6.64. The Morgan fingerprint density at radius 2 is 2.35 bits per heavy atom. The summed E-state index contributed by atoms with van der Waals surface area (Å²) in [7, 11) is 3.18. The molecule has 2 rings (SSSR count). The lowest BCUT2D eigenvalue weighted by Gasteiger charge is -2.16.